The molecule has 0 radical (unpaired) electrons. The molecule has 188 valence electrons. The molecule has 3 rings (SSSR count). The fourth-order valence-electron chi connectivity index (χ4n) is 3.43. The molecule has 2 heterocycles. The zero-order valence-electron chi connectivity index (χ0n) is 17.6. The average Bonchev–Trinajstić information content (AvgIpc) is 3.00. The summed E-state index contributed by atoms with van der Waals surface area (Å²) < 4.78 is 59.3. The number of hydroxylamine groups is 2. The summed E-state index contributed by atoms with van der Waals surface area (Å²) in [6.45, 7) is -1.81. The summed E-state index contributed by atoms with van der Waals surface area (Å²) in [6.07, 6.45) is -6.89. The lowest BCUT2D eigenvalue weighted by Crippen LogP contribution is -2.42. The quantitative estimate of drug-likeness (QED) is 0.437. The van der Waals surface area contributed by atoms with E-state index in [9.17, 15) is 37.1 Å². The van der Waals surface area contributed by atoms with Crippen molar-refractivity contribution in [3.05, 3.63) is 23.8 Å². The number of aliphatic hydroxyl groups excluding tert-OH is 2. The second-order valence-electron chi connectivity index (χ2n) is 7.38. The molecule has 2 aliphatic rings. The minimum absolute atomic E-state index is 0.0101. The van der Waals surface area contributed by atoms with Crippen molar-refractivity contribution >= 4 is 29.3 Å². The van der Waals surface area contributed by atoms with E-state index in [0.717, 1.165) is 22.1 Å². The Kier molecular flexibility index (Phi) is 8.11. The van der Waals surface area contributed by atoms with E-state index in [1.165, 1.54) is 4.90 Å². The largest absolute Gasteiger partial charge is 0.442 e. The molecule has 2 fully saturated rings. The number of carbonyl (C=O) groups is 3. The molecule has 11 nitrogen and oxygen atoms in total. The van der Waals surface area contributed by atoms with E-state index in [0.29, 0.717) is 0 Å². The van der Waals surface area contributed by atoms with Crippen LogP contribution >= 0.6 is 0 Å². The molecule has 3 N–H and O–H groups in total. The lowest BCUT2D eigenvalue weighted by molar-refractivity contribution is -0.192. The van der Waals surface area contributed by atoms with E-state index < -0.39 is 67.0 Å². The third kappa shape index (κ3) is 5.66. The molecule has 3 amide bonds. The molecule has 2 saturated heterocycles. The van der Waals surface area contributed by atoms with Crippen molar-refractivity contribution in [1.29, 1.82) is 0 Å². The predicted octanol–water partition coefficient (Wildman–Crippen LogP) is -0.395. The lowest BCUT2D eigenvalue weighted by atomic mass is 10.2. The number of nitrogens with zero attached hydrogens (tertiary/aromatic N) is 3. The van der Waals surface area contributed by atoms with Crippen LogP contribution in [-0.2, 0) is 19.2 Å². The Morgan fingerprint density at radius 2 is 1.85 bits per heavy atom. The maximum atomic E-state index is 14.9. The zero-order valence-corrected chi connectivity index (χ0v) is 17.6. The van der Waals surface area contributed by atoms with Gasteiger partial charge in [0.05, 0.1) is 38.5 Å². The van der Waals surface area contributed by atoms with Crippen LogP contribution in [0.2, 0.25) is 0 Å². The van der Waals surface area contributed by atoms with Gasteiger partial charge in [0.25, 0.3) is 11.8 Å². The number of aliphatic hydroxyl groups is 2. The predicted molar refractivity (Wildman–Crippen MR) is 106 cm³/mol. The molecule has 1 unspecified atom stereocenters. The highest BCUT2D eigenvalue weighted by Gasteiger charge is 2.35. The van der Waals surface area contributed by atoms with Gasteiger partial charge in [-0.25, -0.2) is 18.6 Å². The Balaban J connectivity index is 1.69. The third-order valence-corrected chi connectivity index (χ3v) is 5.09. The first kappa shape index (κ1) is 25.5. The van der Waals surface area contributed by atoms with Gasteiger partial charge in [-0.15, -0.1) is 0 Å². The van der Waals surface area contributed by atoms with Gasteiger partial charge >= 0.3 is 12.5 Å². The number of cyclic esters (lactones) is 1. The van der Waals surface area contributed by atoms with Crippen LogP contribution in [0.1, 0.15) is 0 Å². The third-order valence-electron chi connectivity index (χ3n) is 5.09. The summed E-state index contributed by atoms with van der Waals surface area (Å²) in [7, 11) is 0. The topological polar surface area (TPSA) is 132 Å². The van der Waals surface area contributed by atoms with Gasteiger partial charge in [0.2, 0.25) is 0 Å². The van der Waals surface area contributed by atoms with Crippen LogP contribution in [0.4, 0.5) is 33.7 Å². The molecule has 34 heavy (non-hydrogen) atoms. The Morgan fingerprint density at radius 1 is 1.18 bits per heavy atom. The standard InChI is InChI=1S/C19H22F4N4O7/c20-12-5-10(26-8-11(34-19(26)32)7-24-17(30)16(22)23)6-13(21)15(12)25-1-2-27(33-4-3-25)18(31)14(29)9-28/h5-6,11,14,16,28-29H,1-4,7-9H2,(H,24,30)/t11-,14?/m0/s1. The number of benzene rings is 1. The van der Waals surface area contributed by atoms with Gasteiger partial charge in [0.15, 0.2) is 17.7 Å². The smallest absolute Gasteiger partial charge is 0.414 e. The molecule has 0 saturated carbocycles. The number of alkyl halides is 2. The van der Waals surface area contributed by atoms with Crippen LogP contribution in [-0.4, -0.2) is 97.8 Å². The highest BCUT2D eigenvalue weighted by atomic mass is 19.3. The molecule has 1 aromatic rings. The van der Waals surface area contributed by atoms with Gasteiger partial charge in [0, 0.05) is 25.2 Å². The number of halogens is 4. The number of hydrogen-bond acceptors (Lipinski definition) is 8. The van der Waals surface area contributed by atoms with Gasteiger partial charge in [-0.05, 0) is 0 Å². The monoisotopic (exact) mass is 494 g/mol. The molecular weight excluding hydrogens is 472 g/mol. The van der Waals surface area contributed by atoms with Gasteiger partial charge in [-0.3, -0.25) is 19.3 Å². The van der Waals surface area contributed by atoms with E-state index in [2.05, 4.69) is 0 Å². The van der Waals surface area contributed by atoms with Gasteiger partial charge in [0.1, 0.15) is 11.8 Å². The highest BCUT2D eigenvalue weighted by molar-refractivity contribution is 5.90. The first-order valence-electron chi connectivity index (χ1n) is 10.1. The summed E-state index contributed by atoms with van der Waals surface area (Å²) >= 11 is 0. The lowest BCUT2D eigenvalue weighted by Gasteiger charge is -2.24. The van der Waals surface area contributed by atoms with E-state index in [4.69, 9.17) is 14.7 Å². The van der Waals surface area contributed by atoms with Crippen molar-refractivity contribution in [3.63, 3.8) is 0 Å². The van der Waals surface area contributed by atoms with Crippen LogP contribution in [0.5, 0.6) is 0 Å². The molecule has 2 atom stereocenters. The highest BCUT2D eigenvalue weighted by Crippen LogP contribution is 2.31. The summed E-state index contributed by atoms with van der Waals surface area (Å²) in [5, 5.41) is 21.0. The second-order valence-corrected chi connectivity index (χ2v) is 7.38. The normalized spacial score (nSPS) is 19.8. The number of carbonyl (C=O) groups excluding carboxylic acids is 3. The molecule has 2 aliphatic heterocycles. The molecule has 0 spiro atoms. The van der Waals surface area contributed by atoms with Crippen molar-refractivity contribution in [2.24, 2.45) is 0 Å². The van der Waals surface area contributed by atoms with E-state index in [1.807, 2.05) is 5.32 Å². The zero-order chi connectivity index (χ0) is 25.0. The first-order valence-corrected chi connectivity index (χ1v) is 10.1. The van der Waals surface area contributed by atoms with Crippen LogP contribution in [0.3, 0.4) is 0 Å². The SMILES string of the molecule is O=C(NC[C@H]1CN(c2cc(F)c(N3CCON(C(=O)C(O)CO)CC3)c(F)c2)C(=O)O1)C(F)F. The first-order chi connectivity index (χ1) is 16.1. The van der Waals surface area contributed by atoms with E-state index in [1.54, 1.807) is 0 Å². The van der Waals surface area contributed by atoms with E-state index in [-0.39, 0.29) is 38.5 Å². The van der Waals surface area contributed by atoms with Gasteiger partial charge in [-0.2, -0.15) is 8.78 Å². The summed E-state index contributed by atoms with van der Waals surface area (Å²) in [4.78, 5) is 42.4. The van der Waals surface area contributed by atoms with Crippen LogP contribution in [0.15, 0.2) is 12.1 Å². The van der Waals surface area contributed by atoms with Crippen molar-refractivity contribution in [1.82, 2.24) is 10.4 Å². The number of nitrogens with one attached hydrogen (secondary N) is 1. The number of amides is 3. The van der Waals surface area contributed by atoms with Crippen molar-refractivity contribution in [2.75, 3.05) is 55.7 Å². The van der Waals surface area contributed by atoms with Crippen molar-refractivity contribution < 1.29 is 51.7 Å². The summed E-state index contributed by atoms with van der Waals surface area (Å²) in [5.74, 6) is -4.48. The number of rotatable bonds is 7. The van der Waals surface area contributed by atoms with Crippen LogP contribution in [0.25, 0.3) is 0 Å². The Bertz CT molecular complexity index is 915. The van der Waals surface area contributed by atoms with Crippen molar-refractivity contribution in [2.45, 2.75) is 18.6 Å². The summed E-state index contributed by atoms with van der Waals surface area (Å²) in [5.41, 5.74) is -0.613. The fourth-order valence-corrected chi connectivity index (χ4v) is 3.43. The molecule has 1 aromatic carbocycles. The number of ether oxygens (including phenoxy) is 1. The molecule has 0 aliphatic carbocycles. The average molecular weight is 494 g/mol. The maximum absolute atomic E-state index is 14.9. The minimum atomic E-state index is -3.24. The Morgan fingerprint density at radius 3 is 2.47 bits per heavy atom. The summed E-state index contributed by atoms with van der Waals surface area (Å²) in [6, 6.07) is 1.79. The molecule has 0 aromatic heterocycles. The number of hydrogen-bond donors (Lipinski definition) is 3. The van der Waals surface area contributed by atoms with Gasteiger partial charge in [-0.1, -0.05) is 0 Å². The second kappa shape index (κ2) is 10.8. The molecular formula is C19H22F4N4O7. The van der Waals surface area contributed by atoms with Crippen LogP contribution in [0, 0.1) is 11.6 Å². The van der Waals surface area contributed by atoms with E-state index >= 15 is 0 Å². The Hall–Kier alpha value is -3.17. The van der Waals surface area contributed by atoms with Crippen LogP contribution < -0.4 is 15.1 Å². The minimum Gasteiger partial charge on any atom is -0.442 e. The van der Waals surface area contributed by atoms with Crippen molar-refractivity contribution in [3.8, 4) is 0 Å². The molecule has 0 bridgehead atoms. The number of anilines is 2. The van der Waals surface area contributed by atoms with Gasteiger partial charge < -0.3 is 25.2 Å². The molecule has 15 heteroatoms. The Labute approximate surface area is 190 Å². The fraction of sp³-hybridized carbons (Fsp3) is 0.526. The maximum Gasteiger partial charge on any atom is 0.414 e.